The number of allylic oxidation sites excluding steroid dienone is 2. The summed E-state index contributed by atoms with van der Waals surface area (Å²) in [5.41, 5.74) is -0.0194. The van der Waals surface area contributed by atoms with E-state index < -0.39 is 23.3 Å². The molecule has 0 bridgehead atoms. The van der Waals surface area contributed by atoms with E-state index in [1.54, 1.807) is 19.1 Å². The second kappa shape index (κ2) is 7.43. The van der Waals surface area contributed by atoms with Gasteiger partial charge in [-0.3, -0.25) is 4.79 Å². The number of hydrogen-bond acceptors (Lipinski definition) is 2. The zero-order valence-corrected chi connectivity index (χ0v) is 13.2. The molecule has 2 atom stereocenters. The van der Waals surface area contributed by atoms with E-state index in [1.165, 1.54) is 0 Å². The van der Waals surface area contributed by atoms with Crippen LogP contribution in [0.3, 0.4) is 0 Å². The van der Waals surface area contributed by atoms with Gasteiger partial charge in [-0.15, -0.1) is 0 Å². The van der Waals surface area contributed by atoms with Gasteiger partial charge in [-0.05, 0) is 24.8 Å². The summed E-state index contributed by atoms with van der Waals surface area (Å²) in [4.78, 5) is 23.5. The summed E-state index contributed by atoms with van der Waals surface area (Å²) < 4.78 is 0. The highest BCUT2D eigenvalue weighted by molar-refractivity contribution is 5.92. The van der Waals surface area contributed by atoms with Crippen molar-refractivity contribution in [2.75, 3.05) is 0 Å². The number of hydrogen-bond donors (Lipinski definition) is 2. The minimum absolute atomic E-state index is 0.282. The molecule has 0 saturated carbocycles. The van der Waals surface area contributed by atoms with Gasteiger partial charge in [0.1, 0.15) is 0 Å². The van der Waals surface area contributed by atoms with Crippen LogP contribution in [0.2, 0.25) is 0 Å². The maximum Gasteiger partial charge on any atom is 0.332 e. The fourth-order valence-corrected chi connectivity index (χ4v) is 3.06. The van der Waals surface area contributed by atoms with E-state index in [-0.39, 0.29) is 5.57 Å². The molecule has 1 rings (SSSR count). The standard InChI is InChI=1S/C17H26O4/c1-4-6-8-13-9-11-17(16(20)21,10-7-5-2)12(3)14(13)15(18)19/h9,11-12H,4-8,10H2,1-3H3,(H,18,19)(H,20,21). The summed E-state index contributed by atoms with van der Waals surface area (Å²) in [5.74, 6) is -2.41. The molecule has 0 aromatic heterocycles. The van der Waals surface area contributed by atoms with E-state index in [4.69, 9.17) is 0 Å². The van der Waals surface area contributed by atoms with E-state index in [9.17, 15) is 19.8 Å². The third-order valence-corrected chi connectivity index (χ3v) is 4.51. The second-order valence-electron chi connectivity index (χ2n) is 5.85. The molecule has 0 saturated heterocycles. The van der Waals surface area contributed by atoms with Crippen LogP contribution < -0.4 is 0 Å². The SMILES string of the molecule is CCCCC1=C(C(=O)O)C(C)C(CCCC)(C(=O)O)C=C1. The smallest absolute Gasteiger partial charge is 0.332 e. The van der Waals surface area contributed by atoms with Crippen LogP contribution in [0, 0.1) is 11.3 Å². The molecule has 0 spiro atoms. The van der Waals surface area contributed by atoms with Crippen LogP contribution in [0.5, 0.6) is 0 Å². The first-order valence-electron chi connectivity index (χ1n) is 7.79. The average molecular weight is 294 g/mol. The Bertz CT molecular complexity index is 461. The molecular weight excluding hydrogens is 268 g/mol. The monoisotopic (exact) mass is 294 g/mol. The maximum absolute atomic E-state index is 11.8. The molecule has 1 aliphatic rings. The molecule has 0 radical (unpaired) electrons. The molecule has 1 aliphatic carbocycles. The Labute approximate surface area is 126 Å². The molecule has 0 aliphatic heterocycles. The molecule has 0 heterocycles. The van der Waals surface area contributed by atoms with Gasteiger partial charge in [0, 0.05) is 11.5 Å². The molecule has 4 nitrogen and oxygen atoms in total. The topological polar surface area (TPSA) is 74.6 Å². The molecule has 118 valence electrons. The highest BCUT2D eigenvalue weighted by atomic mass is 16.4. The molecule has 21 heavy (non-hydrogen) atoms. The number of unbranched alkanes of at least 4 members (excludes halogenated alkanes) is 2. The zero-order chi connectivity index (χ0) is 16.0. The molecule has 0 fully saturated rings. The van der Waals surface area contributed by atoms with Crippen LogP contribution in [0.25, 0.3) is 0 Å². The van der Waals surface area contributed by atoms with Crippen molar-refractivity contribution < 1.29 is 19.8 Å². The Morgan fingerprint density at radius 1 is 1.19 bits per heavy atom. The van der Waals surface area contributed by atoms with E-state index in [2.05, 4.69) is 6.92 Å². The largest absolute Gasteiger partial charge is 0.481 e. The molecular formula is C17H26O4. The number of carboxylic acids is 2. The van der Waals surface area contributed by atoms with E-state index >= 15 is 0 Å². The predicted octanol–water partition coefficient (Wildman–Crippen LogP) is 4.02. The van der Waals surface area contributed by atoms with Gasteiger partial charge in [0.05, 0.1) is 5.41 Å². The van der Waals surface area contributed by atoms with E-state index in [1.807, 2.05) is 6.92 Å². The van der Waals surface area contributed by atoms with Gasteiger partial charge in [-0.1, -0.05) is 52.2 Å². The Hall–Kier alpha value is -1.58. The highest BCUT2D eigenvalue weighted by Gasteiger charge is 2.46. The minimum Gasteiger partial charge on any atom is -0.481 e. The van der Waals surface area contributed by atoms with Crippen molar-refractivity contribution >= 4 is 11.9 Å². The Morgan fingerprint density at radius 2 is 1.81 bits per heavy atom. The molecule has 0 aromatic rings. The lowest BCUT2D eigenvalue weighted by Crippen LogP contribution is -2.40. The number of carboxylic acid groups (broad SMARTS) is 2. The molecule has 0 amide bonds. The van der Waals surface area contributed by atoms with Crippen molar-refractivity contribution in [2.45, 2.75) is 59.3 Å². The van der Waals surface area contributed by atoms with Crippen molar-refractivity contribution in [3.05, 3.63) is 23.3 Å². The highest BCUT2D eigenvalue weighted by Crippen LogP contribution is 2.44. The van der Waals surface area contributed by atoms with Gasteiger partial charge in [-0.2, -0.15) is 0 Å². The third-order valence-electron chi connectivity index (χ3n) is 4.51. The van der Waals surface area contributed by atoms with Crippen LogP contribution >= 0.6 is 0 Å². The number of carbonyl (C=O) groups is 2. The summed E-state index contributed by atoms with van der Waals surface area (Å²) in [6, 6.07) is 0. The lowest BCUT2D eigenvalue weighted by atomic mass is 9.65. The first-order valence-corrected chi connectivity index (χ1v) is 7.79. The van der Waals surface area contributed by atoms with Crippen molar-refractivity contribution in [1.82, 2.24) is 0 Å². The first-order chi connectivity index (χ1) is 9.90. The van der Waals surface area contributed by atoms with E-state index in [0.29, 0.717) is 12.8 Å². The summed E-state index contributed by atoms with van der Waals surface area (Å²) in [6.07, 6.45) is 8.21. The predicted molar refractivity (Wildman–Crippen MR) is 82.1 cm³/mol. The minimum atomic E-state index is -1.08. The molecule has 2 unspecified atom stereocenters. The van der Waals surface area contributed by atoms with Gasteiger partial charge >= 0.3 is 11.9 Å². The van der Waals surface area contributed by atoms with Crippen LogP contribution in [0.15, 0.2) is 23.3 Å². The van der Waals surface area contributed by atoms with Gasteiger partial charge in [0.2, 0.25) is 0 Å². The van der Waals surface area contributed by atoms with Gasteiger partial charge in [0.15, 0.2) is 0 Å². The van der Waals surface area contributed by atoms with Crippen LogP contribution in [0.4, 0.5) is 0 Å². The maximum atomic E-state index is 11.8. The Kier molecular flexibility index (Phi) is 6.19. The zero-order valence-electron chi connectivity index (χ0n) is 13.2. The lowest BCUT2D eigenvalue weighted by Gasteiger charge is -2.36. The molecule has 2 N–H and O–H groups in total. The summed E-state index contributed by atoms with van der Waals surface area (Å²) in [6.45, 7) is 5.80. The van der Waals surface area contributed by atoms with Crippen molar-refractivity contribution in [3.8, 4) is 0 Å². The fourth-order valence-electron chi connectivity index (χ4n) is 3.06. The molecule has 4 heteroatoms. The van der Waals surface area contributed by atoms with E-state index in [0.717, 1.165) is 31.3 Å². The van der Waals surface area contributed by atoms with Crippen LogP contribution in [-0.2, 0) is 9.59 Å². The first kappa shape index (κ1) is 17.5. The Balaban J connectivity index is 3.21. The second-order valence-corrected chi connectivity index (χ2v) is 5.85. The lowest BCUT2D eigenvalue weighted by molar-refractivity contribution is -0.149. The summed E-state index contributed by atoms with van der Waals surface area (Å²) in [7, 11) is 0. The number of aliphatic carboxylic acids is 2. The normalized spacial score (nSPS) is 25.2. The third kappa shape index (κ3) is 3.55. The quantitative estimate of drug-likeness (QED) is 0.709. The summed E-state index contributed by atoms with van der Waals surface area (Å²) >= 11 is 0. The van der Waals surface area contributed by atoms with Crippen LogP contribution in [0.1, 0.15) is 59.3 Å². The summed E-state index contributed by atoms with van der Waals surface area (Å²) in [5, 5.41) is 19.2. The van der Waals surface area contributed by atoms with Crippen molar-refractivity contribution in [2.24, 2.45) is 11.3 Å². The average Bonchev–Trinajstić information content (AvgIpc) is 2.43. The van der Waals surface area contributed by atoms with Gasteiger partial charge < -0.3 is 10.2 Å². The van der Waals surface area contributed by atoms with Crippen molar-refractivity contribution in [1.29, 1.82) is 0 Å². The fraction of sp³-hybridized carbons (Fsp3) is 0.647. The Morgan fingerprint density at radius 3 is 2.29 bits per heavy atom. The molecule has 0 aromatic carbocycles. The van der Waals surface area contributed by atoms with Gasteiger partial charge in [-0.25, -0.2) is 4.79 Å². The van der Waals surface area contributed by atoms with Crippen molar-refractivity contribution in [3.63, 3.8) is 0 Å². The number of rotatable bonds is 8. The van der Waals surface area contributed by atoms with Gasteiger partial charge in [0.25, 0.3) is 0 Å². The van der Waals surface area contributed by atoms with Crippen LogP contribution in [-0.4, -0.2) is 22.2 Å².